The van der Waals surface area contributed by atoms with Gasteiger partial charge in [0.15, 0.2) is 21.9 Å². The molecular weight excluding hydrogens is 451 g/mol. The van der Waals surface area contributed by atoms with Crippen molar-refractivity contribution < 1.29 is 65.6 Å². The second-order valence-corrected chi connectivity index (χ2v) is 8.17. The third-order valence-electron chi connectivity index (χ3n) is 2.69. The summed E-state index contributed by atoms with van der Waals surface area (Å²) in [5.74, 6) is -2.99. The second kappa shape index (κ2) is 9.65. The Morgan fingerprint density at radius 2 is 1.88 bits per heavy atom. The number of amides is 1. The van der Waals surface area contributed by atoms with Gasteiger partial charge in [0.2, 0.25) is 5.82 Å². The quantitative estimate of drug-likeness (QED) is 0.348. The van der Waals surface area contributed by atoms with Crippen molar-refractivity contribution >= 4 is 32.3 Å². The van der Waals surface area contributed by atoms with Gasteiger partial charge in [-0.05, 0) is 55.8 Å². The Balaban J connectivity index is 0.00000625. The monoisotopic (exact) mass is 467 g/mol. The van der Waals surface area contributed by atoms with E-state index in [2.05, 4.69) is 15.9 Å². The number of benzene rings is 1. The molecule has 7 nitrogen and oxygen atoms in total. The average molecular weight is 468 g/mol. The number of ether oxygens (including phenoxy) is 2. The van der Waals surface area contributed by atoms with Crippen LogP contribution in [0.2, 0.25) is 0 Å². The van der Waals surface area contributed by atoms with Crippen LogP contribution in [0.3, 0.4) is 0 Å². The minimum absolute atomic E-state index is 0. The zero-order valence-electron chi connectivity index (χ0n) is 14.9. The smallest absolute Gasteiger partial charge is 0.731 e. The number of carbonyl (C=O) groups is 1. The number of nitrogens with zero attached hydrogens (tertiary/aromatic N) is 1. The van der Waals surface area contributed by atoms with E-state index in [-0.39, 0.29) is 38.3 Å². The van der Waals surface area contributed by atoms with Crippen LogP contribution < -0.4 is 34.3 Å². The molecule has 0 bridgehead atoms. The first-order valence-electron chi connectivity index (χ1n) is 6.98. The molecule has 0 aliphatic heterocycles. The van der Waals surface area contributed by atoms with Crippen molar-refractivity contribution in [3.05, 3.63) is 28.2 Å². The summed E-state index contributed by atoms with van der Waals surface area (Å²) in [5.41, 5.74) is -1.04. The molecule has 1 aromatic rings. The SMILES string of the molecule is C[C@@H](COc1c(Br)ccc(F)c1F)N(C(=O)OC(C)(C)C)S(=O)(=O)[O-].[Na+]. The molecule has 0 fully saturated rings. The summed E-state index contributed by atoms with van der Waals surface area (Å²) < 4.78 is 71.0. The van der Waals surface area contributed by atoms with Crippen LogP contribution in [0.15, 0.2) is 16.6 Å². The van der Waals surface area contributed by atoms with Crippen LogP contribution in [0.5, 0.6) is 5.75 Å². The van der Waals surface area contributed by atoms with Gasteiger partial charge in [0.05, 0.1) is 10.5 Å². The molecule has 0 heterocycles. The summed E-state index contributed by atoms with van der Waals surface area (Å²) in [7, 11) is -5.22. The predicted octanol–water partition coefficient (Wildman–Crippen LogP) is 0.196. The van der Waals surface area contributed by atoms with Crippen molar-refractivity contribution in [1.29, 1.82) is 0 Å². The number of hydrogen-bond acceptors (Lipinski definition) is 6. The van der Waals surface area contributed by atoms with E-state index in [0.717, 1.165) is 6.07 Å². The largest absolute Gasteiger partial charge is 1.00 e. The van der Waals surface area contributed by atoms with Gasteiger partial charge in [-0.15, -0.1) is 0 Å². The molecule has 142 valence electrons. The number of rotatable bonds is 5. The van der Waals surface area contributed by atoms with Crippen molar-refractivity contribution in [2.75, 3.05) is 6.61 Å². The van der Waals surface area contributed by atoms with Crippen molar-refractivity contribution in [2.24, 2.45) is 0 Å². The Hall–Kier alpha value is -0.460. The fourth-order valence-electron chi connectivity index (χ4n) is 1.71. The molecule has 1 aromatic carbocycles. The zero-order chi connectivity index (χ0) is 19.6. The van der Waals surface area contributed by atoms with Gasteiger partial charge in [0.25, 0.3) is 0 Å². The molecule has 1 rings (SSSR count). The van der Waals surface area contributed by atoms with Gasteiger partial charge in [-0.1, -0.05) is 0 Å². The molecule has 0 aromatic heterocycles. The van der Waals surface area contributed by atoms with Crippen molar-refractivity contribution in [3.8, 4) is 5.75 Å². The number of carbonyl (C=O) groups excluding carboxylic acids is 1. The molecule has 0 radical (unpaired) electrons. The van der Waals surface area contributed by atoms with Gasteiger partial charge in [-0.2, -0.15) is 4.39 Å². The van der Waals surface area contributed by atoms with Crippen LogP contribution in [-0.2, 0) is 15.0 Å². The zero-order valence-corrected chi connectivity index (χ0v) is 19.3. The summed E-state index contributed by atoms with van der Waals surface area (Å²) in [6.45, 7) is 5.05. The van der Waals surface area contributed by atoms with Crippen LogP contribution in [0.4, 0.5) is 13.6 Å². The van der Waals surface area contributed by atoms with E-state index in [1.165, 1.54) is 33.8 Å². The predicted molar refractivity (Wildman–Crippen MR) is 86.8 cm³/mol. The third kappa shape index (κ3) is 7.28. The van der Waals surface area contributed by atoms with E-state index in [1.807, 2.05) is 0 Å². The van der Waals surface area contributed by atoms with E-state index >= 15 is 0 Å². The first kappa shape index (κ1) is 25.5. The molecule has 12 heteroatoms. The summed E-state index contributed by atoms with van der Waals surface area (Å²) >= 11 is 2.96. The molecule has 0 aliphatic rings. The maximum atomic E-state index is 13.7. The summed E-state index contributed by atoms with van der Waals surface area (Å²) in [4.78, 5) is 12.0. The molecule has 0 saturated carbocycles. The summed E-state index contributed by atoms with van der Waals surface area (Å²) in [6.07, 6.45) is -1.39. The fraction of sp³-hybridized carbons (Fsp3) is 0.500. The van der Waals surface area contributed by atoms with Gasteiger partial charge in [-0.3, -0.25) is 0 Å². The molecule has 0 spiro atoms. The molecule has 0 N–H and O–H groups in total. The van der Waals surface area contributed by atoms with Gasteiger partial charge in [-0.25, -0.2) is 21.9 Å². The van der Waals surface area contributed by atoms with E-state index in [0.29, 0.717) is 0 Å². The Morgan fingerprint density at radius 3 is 2.35 bits per heavy atom. The first-order chi connectivity index (χ1) is 11.2. The van der Waals surface area contributed by atoms with E-state index < -0.39 is 52.0 Å². The van der Waals surface area contributed by atoms with Crippen LogP contribution in [0.25, 0.3) is 0 Å². The van der Waals surface area contributed by atoms with Crippen LogP contribution >= 0.6 is 15.9 Å². The number of hydrogen-bond donors (Lipinski definition) is 0. The molecule has 26 heavy (non-hydrogen) atoms. The van der Waals surface area contributed by atoms with Crippen LogP contribution in [-0.4, -0.2) is 41.6 Å². The maximum absolute atomic E-state index is 13.7. The Bertz CT molecular complexity index is 757. The van der Waals surface area contributed by atoms with Crippen LogP contribution in [0, 0.1) is 11.6 Å². The average Bonchev–Trinajstić information content (AvgIpc) is 2.39. The molecule has 0 saturated heterocycles. The van der Waals surface area contributed by atoms with Gasteiger partial charge in [0, 0.05) is 0 Å². The summed E-state index contributed by atoms with van der Waals surface area (Å²) in [5, 5.41) is 0. The van der Waals surface area contributed by atoms with Gasteiger partial charge < -0.3 is 14.0 Å². The number of halogens is 3. The fourth-order valence-corrected chi connectivity index (χ4v) is 2.85. The van der Waals surface area contributed by atoms with E-state index in [1.54, 1.807) is 0 Å². The normalized spacial score (nSPS) is 12.8. The van der Waals surface area contributed by atoms with E-state index in [4.69, 9.17) is 9.47 Å². The molecular formula is C14H17BrF2NNaO6S. The minimum atomic E-state index is -5.22. The van der Waals surface area contributed by atoms with Crippen molar-refractivity contribution in [1.82, 2.24) is 4.31 Å². The molecule has 0 unspecified atom stereocenters. The van der Waals surface area contributed by atoms with Crippen molar-refractivity contribution in [2.45, 2.75) is 39.3 Å². The molecule has 1 atom stereocenters. The first-order valence-corrected chi connectivity index (χ1v) is 9.14. The minimum Gasteiger partial charge on any atom is -0.731 e. The third-order valence-corrected chi connectivity index (χ3v) is 4.30. The Labute approximate surface area is 181 Å². The summed E-state index contributed by atoms with van der Waals surface area (Å²) in [6, 6.07) is 0.728. The Morgan fingerprint density at radius 1 is 1.35 bits per heavy atom. The standard InChI is InChI=1S/C14H18BrF2NO6S.Na/c1-8(7-23-12-9(15)5-6-10(16)11(12)17)18(25(20,21)22)13(19)24-14(2,3)4;/h5-6,8H,7H2,1-4H3,(H,20,21,22);/q;+1/p-1/t8-;/m0./s1. The van der Waals surface area contributed by atoms with Crippen molar-refractivity contribution in [3.63, 3.8) is 0 Å². The van der Waals surface area contributed by atoms with Crippen LogP contribution in [0.1, 0.15) is 27.7 Å². The van der Waals surface area contributed by atoms with Gasteiger partial charge >= 0.3 is 35.7 Å². The molecule has 1 amide bonds. The van der Waals surface area contributed by atoms with E-state index in [9.17, 15) is 26.5 Å². The topological polar surface area (TPSA) is 96.0 Å². The Kier molecular flexibility index (Phi) is 9.48. The second-order valence-electron chi connectivity index (χ2n) is 6.07. The maximum Gasteiger partial charge on any atom is 1.00 e. The molecule has 0 aliphatic carbocycles. The van der Waals surface area contributed by atoms with Gasteiger partial charge in [0.1, 0.15) is 12.2 Å².